The van der Waals surface area contributed by atoms with Crippen LogP contribution in [0.25, 0.3) is 0 Å². The van der Waals surface area contributed by atoms with Crippen molar-refractivity contribution < 1.29 is 0 Å². The van der Waals surface area contributed by atoms with Gasteiger partial charge >= 0.3 is 0 Å². The molecule has 0 bridgehead atoms. The number of aromatic nitrogens is 3. The maximum absolute atomic E-state index is 9.15. The highest BCUT2D eigenvalue weighted by atomic mass is 35.5. The summed E-state index contributed by atoms with van der Waals surface area (Å²) >= 11 is 5.92. The van der Waals surface area contributed by atoms with E-state index in [0.29, 0.717) is 23.1 Å². The van der Waals surface area contributed by atoms with Gasteiger partial charge in [0.25, 0.3) is 0 Å². The van der Waals surface area contributed by atoms with Crippen LogP contribution in [0, 0.1) is 11.3 Å². The van der Waals surface area contributed by atoms with Crippen LogP contribution in [0.5, 0.6) is 0 Å². The first-order chi connectivity index (χ1) is 9.52. The predicted octanol–water partition coefficient (Wildman–Crippen LogP) is 2.23. The quantitative estimate of drug-likeness (QED) is 0.863. The van der Waals surface area contributed by atoms with Crippen LogP contribution in [-0.2, 0) is 0 Å². The van der Waals surface area contributed by atoms with Gasteiger partial charge in [-0.3, -0.25) is 0 Å². The van der Waals surface area contributed by atoms with Crippen molar-refractivity contribution >= 4 is 29.2 Å². The largest absolute Gasteiger partial charge is 0.347 e. The molecule has 0 aliphatic rings. The van der Waals surface area contributed by atoms with Gasteiger partial charge < -0.3 is 9.80 Å². The van der Waals surface area contributed by atoms with Crippen molar-refractivity contribution in [3.63, 3.8) is 0 Å². The summed E-state index contributed by atoms with van der Waals surface area (Å²) < 4.78 is 0. The van der Waals surface area contributed by atoms with Gasteiger partial charge in [-0.05, 0) is 23.7 Å². The Balaban J connectivity index is 2.48. The zero-order valence-electron chi connectivity index (χ0n) is 11.4. The van der Waals surface area contributed by atoms with Crippen molar-refractivity contribution in [2.24, 2.45) is 0 Å². The molecule has 2 aromatic rings. The van der Waals surface area contributed by atoms with Crippen LogP contribution in [-0.4, -0.2) is 36.1 Å². The van der Waals surface area contributed by atoms with Crippen LogP contribution in [0.4, 0.5) is 17.6 Å². The SMILES string of the molecule is CN(C)c1nc(Cl)nc(N(C)c2ccccc2C#N)n1. The molecule has 20 heavy (non-hydrogen) atoms. The predicted molar refractivity (Wildman–Crippen MR) is 78.4 cm³/mol. The van der Waals surface area contributed by atoms with Gasteiger partial charge in [0, 0.05) is 21.1 Å². The van der Waals surface area contributed by atoms with Crippen molar-refractivity contribution in [3.05, 3.63) is 35.1 Å². The van der Waals surface area contributed by atoms with E-state index in [1.165, 1.54) is 0 Å². The summed E-state index contributed by atoms with van der Waals surface area (Å²) in [6, 6.07) is 9.36. The Morgan fingerprint density at radius 3 is 2.35 bits per heavy atom. The Morgan fingerprint density at radius 1 is 1.05 bits per heavy atom. The molecule has 0 atom stereocenters. The van der Waals surface area contributed by atoms with Crippen molar-refractivity contribution in [3.8, 4) is 6.07 Å². The molecule has 0 aliphatic carbocycles. The molecule has 0 saturated carbocycles. The first-order valence-electron chi connectivity index (χ1n) is 5.84. The number of hydrogen-bond donors (Lipinski definition) is 0. The van der Waals surface area contributed by atoms with Crippen LogP contribution in [0.15, 0.2) is 24.3 Å². The van der Waals surface area contributed by atoms with E-state index in [2.05, 4.69) is 21.0 Å². The second-order valence-corrected chi connectivity index (χ2v) is 4.62. The van der Waals surface area contributed by atoms with Gasteiger partial charge in [0.1, 0.15) is 6.07 Å². The van der Waals surface area contributed by atoms with Crippen LogP contribution < -0.4 is 9.80 Å². The minimum Gasteiger partial charge on any atom is -0.347 e. The van der Waals surface area contributed by atoms with Gasteiger partial charge in [0.05, 0.1) is 11.3 Å². The smallest absolute Gasteiger partial charge is 0.235 e. The Kier molecular flexibility index (Phi) is 4.01. The number of rotatable bonds is 3. The zero-order valence-corrected chi connectivity index (χ0v) is 12.1. The molecule has 0 fully saturated rings. The summed E-state index contributed by atoms with van der Waals surface area (Å²) in [6.07, 6.45) is 0. The van der Waals surface area contributed by atoms with E-state index >= 15 is 0 Å². The van der Waals surface area contributed by atoms with E-state index in [1.54, 1.807) is 22.9 Å². The molecule has 1 aromatic carbocycles. The summed E-state index contributed by atoms with van der Waals surface area (Å²) in [5.74, 6) is 0.845. The van der Waals surface area contributed by atoms with Crippen LogP contribution in [0.1, 0.15) is 5.56 Å². The molecular weight excluding hydrogens is 276 g/mol. The lowest BCUT2D eigenvalue weighted by atomic mass is 10.2. The number of hydrogen-bond acceptors (Lipinski definition) is 6. The van der Waals surface area contributed by atoms with E-state index in [1.807, 2.05) is 32.3 Å². The normalized spacial score (nSPS) is 9.95. The van der Waals surface area contributed by atoms with Gasteiger partial charge in [-0.2, -0.15) is 20.2 Å². The summed E-state index contributed by atoms with van der Waals surface area (Å²) in [5.41, 5.74) is 1.25. The lowest BCUT2D eigenvalue weighted by molar-refractivity contribution is 0.930. The van der Waals surface area contributed by atoms with Gasteiger partial charge in [-0.25, -0.2) is 0 Å². The molecule has 0 spiro atoms. The van der Waals surface area contributed by atoms with Crippen molar-refractivity contribution in [2.45, 2.75) is 0 Å². The summed E-state index contributed by atoms with van der Waals surface area (Å²) in [5, 5.41) is 9.26. The van der Waals surface area contributed by atoms with Gasteiger partial charge in [-0.1, -0.05) is 12.1 Å². The zero-order chi connectivity index (χ0) is 14.7. The standard InChI is InChI=1S/C13H13ClN6/c1-19(2)12-16-11(14)17-13(18-12)20(3)10-7-5-4-6-9(10)8-15/h4-7H,1-3H3. The minimum absolute atomic E-state index is 0.111. The maximum Gasteiger partial charge on any atom is 0.235 e. The van der Waals surface area contributed by atoms with Crippen LogP contribution in [0.2, 0.25) is 5.28 Å². The highest BCUT2D eigenvalue weighted by Crippen LogP contribution is 2.25. The molecule has 1 aromatic heterocycles. The molecule has 0 unspecified atom stereocenters. The van der Waals surface area contributed by atoms with E-state index in [9.17, 15) is 0 Å². The average Bonchev–Trinajstić information content (AvgIpc) is 2.45. The molecule has 0 amide bonds. The van der Waals surface area contributed by atoms with E-state index in [0.717, 1.165) is 0 Å². The topological polar surface area (TPSA) is 68.9 Å². The molecule has 1 heterocycles. The molecule has 102 valence electrons. The van der Waals surface area contributed by atoms with Crippen LogP contribution >= 0.6 is 11.6 Å². The fourth-order valence-electron chi connectivity index (χ4n) is 1.65. The highest BCUT2D eigenvalue weighted by Gasteiger charge is 2.14. The Bertz CT molecular complexity index is 664. The Hall–Kier alpha value is -2.39. The van der Waals surface area contributed by atoms with Crippen molar-refractivity contribution in [2.75, 3.05) is 30.9 Å². The van der Waals surface area contributed by atoms with Crippen LogP contribution in [0.3, 0.4) is 0 Å². The highest BCUT2D eigenvalue weighted by molar-refractivity contribution is 6.28. The molecular formula is C13H13ClN6. The molecule has 0 radical (unpaired) electrons. The van der Waals surface area contributed by atoms with Crippen molar-refractivity contribution in [1.29, 1.82) is 5.26 Å². The average molecular weight is 289 g/mol. The number of halogens is 1. The number of benzene rings is 1. The van der Waals surface area contributed by atoms with E-state index < -0.39 is 0 Å². The number of anilines is 3. The molecule has 6 nitrogen and oxygen atoms in total. The second kappa shape index (κ2) is 5.72. The summed E-state index contributed by atoms with van der Waals surface area (Å²) in [6.45, 7) is 0. The Labute approximate surface area is 122 Å². The summed E-state index contributed by atoms with van der Waals surface area (Å²) in [7, 11) is 5.42. The number of para-hydroxylation sites is 1. The van der Waals surface area contributed by atoms with Gasteiger partial charge in [0.15, 0.2) is 0 Å². The monoisotopic (exact) mass is 288 g/mol. The lowest BCUT2D eigenvalue weighted by Gasteiger charge is -2.20. The summed E-state index contributed by atoms with van der Waals surface area (Å²) in [4.78, 5) is 15.9. The first kappa shape index (κ1) is 14.0. The van der Waals surface area contributed by atoms with Crippen molar-refractivity contribution in [1.82, 2.24) is 15.0 Å². The fourth-order valence-corrected chi connectivity index (χ4v) is 1.80. The first-order valence-corrected chi connectivity index (χ1v) is 6.22. The van der Waals surface area contributed by atoms with Gasteiger partial charge in [0.2, 0.25) is 17.2 Å². The molecule has 7 heteroatoms. The van der Waals surface area contributed by atoms with E-state index in [4.69, 9.17) is 16.9 Å². The number of nitriles is 1. The molecule has 0 N–H and O–H groups in total. The number of nitrogens with zero attached hydrogens (tertiary/aromatic N) is 6. The van der Waals surface area contributed by atoms with Gasteiger partial charge in [-0.15, -0.1) is 0 Å². The molecule has 0 aliphatic heterocycles. The third kappa shape index (κ3) is 2.78. The van der Waals surface area contributed by atoms with E-state index in [-0.39, 0.29) is 5.28 Å². The Morgan fingerprint density at radius 2 is 1.70 bits per heavy atom. The molecule has 0 saturated heterocycles. The molecule has 2 rings (SSSR count). The third-order valence-corrected chi connectivity index (χ3v) is 2.84. The minimum atomic E-state index is 0.111. The maximum atomic E-state index is 9.15. The third-order valence-electron chi connectivity index (χ3n) is 2.67. The fraction of sp³-hybridized carbons (Fsp3) is 0.231. The lowest BCUT2D eigenvalue weighted by Crippen LogP contribution is -2.19. The second-order valence-electron chi connectivity index (χ2n) is 4.29.